The van der Waals surface area contributed by atoms with Crippen molar-refractivity contribution in [3.05, 3.63) is 35.9 Å². The topological polar surface area (TPSA) is 123 Å². The molecule has 0 radical (unpaired) electrons. The van der Waals surface area contributed by atoms with Crippen LogP contribution in [0.4, 0.5) is 0 Å². The Morgan fingerprint density at radius 3 is 2.20 bits per heavy atom. The van der Waals surface area contributed by atoms with E-state index in [2.05, 4.69) is 16.0 Å². The molecule has 0 aliphatic carbocycles. The highest BCUT2D eigenvalue weighted by Crippen LogP contribution is 2.20. The van der Waals surface area contributed by atoms with Gasteiger partial charge in [-0.15, -0.1) is 0 Å². The van der Waals surface area contributed by atoms with Crippen molar-refractivity contribution in [3.63, 3.8) is 0 Å². The minimum Gasteiger partial charge on any atom is -0.549 e. The third-order valence-electron chi connectivity index (χ3n) is 3.36. The van der Waals surface area contributed by atoms with E-state index in [9.17, 15) is 14.7 Å². The quantitative estimate of drug-likeness (QED) is 0.288. The summed E-state index contributed by atoms with van der Waals surface area (Å²) in [6.07, 6.45) is -0.516. The Morgan fingerprint density at radius 2 is 1.60 bits per heavy atom. The standard InChI is InChI=1S/C17H27N3O5/c21-16(22)12-15(14-4-2-1-3-5-14)25-11-10-19-7-6-18-8-9-20-13-17(23)24/h1-5,15,18-20H,6-13H2,(H,21,22)(H,23,24)/p-1. The Kier molecular flexibility index (Phi) is 11.2. The predicted molar refractivity (Wildman–Crippen MR) is 91.0 cm³/mol. The molecule has 0 amide bonds. The highest BCUT2D eigenvalue weighted by molar-refractivity contribution is 5.67. The second-order valence-corrected chi connectivity index (χ2v) is 5.42. The molecule has 1 aromatic rings. The SMILES string of the molecule is O=C([O-])CNCCNCCNCCOC(CC(=O)O)c1ccccc1. The van der Waals surface area contributed by atoms with E-state index in [4.69, 9.17) is 9.84 Å². The zero-order valence-electron chi connectivity index (χ0n) is 14.2. The molecule has 0 aliphatic heterocycles. The van der Waals surface area contributed by atoms with Gasteiger partial charge in [0.15, 0.2) is 0 Å². The first-order valence-electron chi connectivity index (χ1n) is 8.30. The number of aliphatic carboxylic acids is 2. The number of nitrogens with one attached hydrogen (secondary N) is 3. The van der Waals surface area contributed by atoms with Gasteiger partial charge in [-0.25, -0.2) is 0 Å². The van der Waals surface area contributed by atoms with Gasteiger partial charge in [-0.2, -0.15) is 0 Å². The van der Waals surface area contributed by atoms with Crippen molar-refractivity contribution >= 4 is 11.9 Å². The van der Waals surface area contributed by atoms with Gasteiger partial charge >= 0.3 is 5.97 Å². The summed E-state index contributed by atoms with van der Waals surface area (Å²) in [5.41, 5.74) is 0.857. The van der Waals surface area contributed by atoms with Crippen molar-refractivity contribution < 1.29 is 24.5 Å². The third kappa shape index (κ3) is 11.2. The van der Waals surface area contributed by atoms with Crippen molar-refractivity contribution in [1.29, 1.82) is 0 Å². The number of carbonyl (C=O) groups is 2. The van der Waals surface area contributed by atoms with Gasteiger partial charge in [-0.05, 0) is 5.56 Å². The van der Waals surface area contributed by atoms with Crippen LogP contribution < -0.4 is 21.1 Å². The Morgan fingerprint density at radius 1 is 1.00 bits per heavy atom. The number of benzene rings is 1. The summed E-state index contributed by atoms with van der Waals surface area (Å²) in [6.45, 7) is 3.60. The highest BCUT2D eigenvalue weighted by atomic mass is 16.5. The molecule has 8 heteroatoms. The van der Waals surface area contributed by atoms with Crippen LogP contribution >= 0.6 is 0 Å². The summed E-state index contributed by atoms with van der Waals surface area (Å²) in [4.78, 5) is 21.1. The molecule has 0 aliphatic rings. The summed E-state index contributed by atoms with van der Waals surface area (Å²) in [5, 5.41) is 28.3. The van der Waals surface area contributed by atoms with Crippen molar-refractivity contribution in [2.75, 3.05) is 45.9 Å². The summed E-state index contributed by atoms with van der Waals surface area (Å²) < 4.78 is 5.69. The molecule has 0 fully saturated rings. The molecule has 1 atom stereocenters. The second kappa shape index (κ2) is 13.3. The molecule has 0 heterocycles. The lowest BCUT2D eigenvalue weighted by atomic mass is 10.1. The van der Waals surface area contributed by atoms with Gasteiger partial charge in [0.2, 0.25) is 0 Å². The molecule has 0 bridgehead atoms. The van der Waals surface area contributed by atoms with Crippen LogP contribution in [0, 0.1) is 0 Å². The van der Waals surface area contributed by atoms with Gasteiger partial charge in [0.05, 0.1) is 25.1 Å². The minimum absolute atomic E-state index is 0.0650. The monoisotopic (exact) mass is 352 g/mol. The van der Waals surface area contributed by atoms with Crippen molar-refractivity contribution in [1.82, 2.24) is 16.0 Å². The van der Waals surface area contributed by atoms with E-state index in [1.807, 2.05) is 30.3 Å². The zero-order chi connectivity index (χ0) is 18.3. The maximum absolute atomic E-state index is 11.0. The molecule has 0 spiro atoms. The van der Waals surface area contributed by atoms with Gasteiger partial charge in [-0.1, -0.05) is 30.3 Å². The second-order valence-electron chi connectivity index (χ2n) is 5.42. The molecule has 1 aromatic carbocycles. The number of carboxylic acid groups (broad SMARTS) is 2. The van der Waals surface area contributed by atoms with Crippen LogP contribution in [0.1, 0.15) is 18.1 Å². The number of ether oxygens (including phenoxy) is 1. The van der Waals surface area contributed by atoms with E-state index in [0.29, 0.717) is 26.2 Å². The molecule has 0 saturated carbocycles. The first-order valence-corrected chi connectivity index (χ1v) is 8.30. The first-order chi connectivity index (χ1) is 12.1. The van der Waals surface area contributed by atoms with E-state index in [1.165, 1.54) is 0 Å². The lowest BCUT2D eigenvalue weighted by Crippen LogP contribution is -2.38. The summed E-state index contributed by atoms with van der Waals surface area (Å²) in [6, 6.07) is 9.32. The number of hydrogen-bond acceptors (Lipinski definition) is 7. The fourth-order valence-electron chi connectivity index (χ4n) is 2.17. The lowest BCUT2D eigenvalue weighted by Gasteiger charge is -2.17. The number of carbonyl (C=O) groups excluding carboxylic acids is 1. The van der Waals surface area contributed by atoms with Crippen molar-refractivity contribution in [3.8, 4) is 0 Å². The average Bonchev–Trinajstić information content (AvgIpc) is 2.58. The van der Waals surface area contributed by atoms with Gasteiger partial charge in [0.25, 0.3) is 0 Å². The van der Waals surface area contributed by atoms with Gasteiger partial charge < -0.3 is 35.7 Å². The van der Waals surface area contributed by atoms with Gasteiger partial charge in [0.1, 0.15) is 0 Å². The molecular formula is C17H26N3O5-. The smallest absolute Gasteiger partial charge is 0.306 e. The molecule has 0 saturated heterocycles. The minimum atomic E-state index is -1.11. The first kappa shape index (κ1) is 21.0. The lowest BCUT2D eigenvalue weighted by molar-refractivity contribution is -0.304. The molecular weight excluding hydrogens is 326 g/mol. The van der Waals surface area contributed by atoms with Gasteiger partial charge in [0, 0.05) is 39.3 Å². The van der Waals surface area contributed by atoms with Crippen LogP contribution in [0.3, 0.4) is 0 Å². The molecule has 1 unspecified atom stereocenters. The maximum Gasteiger partial charge on any atom is 0.306 e. The van der Waals surface area contributed by atoms with E-state index >= 15 is 0 Å². The Labute approximate surface area is 147 Å². The molecule has 0 aromatic heterocycles. The van der Waals surface area contributed by atoms with E-state index in [-0.39, 0.29) is 13.0 Å². The number of hydrogen-bond donors (Lipinski definition) is 4. The highest BCUT2D eigenvalue weighted by Gasteiger charge is 2.15. The van der Waals surface area contributed by atoms with Gasteiger partial charge in [-0.3, -0.25) is 4.79 Å². The van der Waals surface area contributed by atoms with Crippen LogP contribution in [-0.2, 0) is 14.3 Å². The molecule has 4 N–H and O–H groups in total. The van der Waals surface area contributed by atoms with E-state index in [1.54, 1.807) is 0 Å². The maximum atomic E-state index is 11.0. The van der Waals surface area contributed by atoms with Crippen molar-refractivity contribution in [2.24, 2.45) is 0 Å². The fourth-order valence-corrected chi connectivity index (χ4v) is 2.17. The Hall–Kier alpha value is -2.00. The van der Waals surface area contributed by atoms with E-state index < -0.39 is 18.0 Å². The average molecular weight is 352 g/mol. The largest absolute Gasteiger partial charge is 0.549 e. The van der Waals surface area contributed by atoms with E-state index in [0.717, 1.165) is 18.7 Å². The van der Waals surface area contributed by atoms with Crippen LogP contribution in [0.15, 0.2) is 30.3 Å². The third-order valence-corrected chi connectivity index (χ3v) is 3.36. The predicted octanol–water partition coefficient (Wildman–Crippen LogP) is -1.26. The van der Waals surface area contributed by atoms with Crippen LogP contribution in [0.25, 0.3) is 0 Å². The molecule has 140 valence electrons. The Bertz CT molecular complexity index is 498. The summed E-state index contributed by atoms with van der Waals surface area (Å²) in [7, 11) is 0. The zero-order valence-corrected chi connectivity index (χ0v) is 14.2. The summed E-state index contributed by atoms with van der Waals surface area (Å²) in [5.74, 6) is -2.00. The number of carboxylic acids is 2. The van der Waals surface area contributed by atoms with Crippen molar-refractivity contribution in [2.45, 2.75) is 12.5 Å². The van der Waals surface area contributed by atoms with Crippen LogP contribution in [-0.4, -0.2) is 62.9 Å². The molecule has 8 nitrogen and oxygen atoms in total. The normalized spacial score (nSPS) is 12.0. The van der Waals surface area contributed by atoms with Crippen LogP contribution in [0.2, 0.25) is 0 Å². The number of rotatable bonds is 15. The molecule has 1 rings (SSSR count). The fraction of sp³-hybridized carbons (Fsp3) is 0.529. The molecule has 25 heavy (non-hydrogen) atoms. The Balaban J connectivity index is 2.06. The summed E-state index contributed by atoms with van der Waals surface area (Å²) >= 11 is 0. The van der Waals surface area contributed by atoms with Crippen LogP contribution in [0.5, 0.6) is 0 Å².